The molecule has 5 heteroatoms. The Kier molecular flexibility index (Phi) is 2.36. The van der Waals surface area contributed by atoms with E-state index in [0.29, 0.717) is 12.5 Å². The van der Waals surface area contributed by atoms with Crippen LogP contribution in [0.3, 0.4) is 0 Å². The summed E-state index contributed by atoms with van der Waals surface area (Å²) in [6, 6.07) is 5.87. The lowest BCUT2D eigenvalue weighted by Gasteiger charge is -2.06. The first-order valence-electron chi connectivity index (χ1n) is 6.87. The van der Waals surface area contributed by atoms with Crippen LogP contribution in [0, 0.1) is 6.92 Å². The lowest BCUT2D eigenvalue weighted by Crippen LogP contribution is -2.04. The fraction of sp³-hybridized carbons (Fsp3) is 0.333. The SMILES string of the molecule is Cc1cnc(Cn2c(C3CC3)nc3cc(N)ccc32)o1. The zero-order valence-electron chi connectivity index (χ0n) is 11.3. The maximum absolute atomic E-state index is 5.85. The second-order valence-corrected chi connectivity index (χ2v) is 5.44. The number of nitrogens with two attached hydrogens (primary N) is 1. The zero-order chi connectivity index (χ0) is 13.7. The molecular weight excluding hydrogens is 252 g/mol. The number of hydrogen-bond donors (Lipinski definition) is 1. The van der Waals surface area contributed by atoms with Crippen LogP contribution in [0.25, 0.3) is 11.0 Å². The van der Waals surface area contributed by atoms with Gasteiger partial charge in [0.2, 0.25) is 5.89 Å². The number of fused-ring (bicyclic) bond motifs is 1. The van der Waals surface area contributed by atoms with Crippen LogP contribution in [-0.2, 0) is 6.54 Å². The number of aryl methyl sites for hydroxylation is 1. The van der Waals surface area contributed by atoms with E-state index in [2.05, 4.69) is 9.55 Å². The fourth-order valence-corrected chi connectivity index (χ4v) is 2.59. The van der Waals surface area contributed by atoms with Gasteiger partial charge in [0.15, 0.2) is 0 Å². The molecule has 1 aromatic carbocycles. The summed E-state index contributed by atoms with van der Waals surface area (Å²) in [6.45, 7) is 2.53. The second kappa shape index (κ2) is 4.10. The van der Waals surface area contributed by atoms with Gasteiger partial charge in [0.1, 0.15) is 18.1 Å². The zero-order valence-corrected chi connectivity index (χ0v) is 11.3. The number of rotatable bonds is 3. The third-order valence-corrected chi connectivity index (χ3v) is 3.71. The highest BCUT2D eigenvalue weighted by Gasteiger charge is 2.30. The normalized spacial score (nSPS) is 15.1. The first kappa shape index (κ1) is 11.5. The van der Waals surface area contributed by atoms with Crippen molar-refractivity contribution in [2.24, 2.45) is 0 Å². The average molecular weight is 268 g/mol. The van der Waals surface area contributed by atoms with E-state index < -0.39 is 0 Å². The highest BCUT2D eigenvalue weighted by Crippen LogP contribution is 2.41. The molecule has 4 rings (SSSR count). The molecule has 0 aliphatic heterocycles. The van der Waals surface area contributed by atoms with Crippen molar-refractivity contribution in [3.8, 4) is 0 Å². The van der Waals surface area contributed by atoms with Crippen LogP contribution in [0.5, 0.6) is 0 Å². The van der Waals surface area contributed by atoms with E-state index >= 15 is 0 Å². The van der Waals surface area contributed by atoms with Crippen molar-refractivity contribution < 1.29 is 4.42 Å². The van der Waals surface area contributed by atoms with Crippen molar-refractivity contribution in [2.45, 2.75) is 32.2 Å². The van der Waals surface area contributed by atoms with Crippen molar-refractivity contribution in [3.63, 3.8) is 0 Å². The summed E-state index contributed by atoms with van der Waals surface area (Å²) in [7, 11) is 0. The van der Waals surface area contributed by atoms with Crippen LogP contribution in [0.1, 0.15) is 36.2 Å². The predicted octanol–water partition coefficient (Wildman–Crippen LogP) is 2.84. The Morgan fingerprint density at radius 2 is 2.25 bits per heavy atom. The molecule has 2 aromatic heterocycles. The third-order valence-electron chi connectivity index (χ3n) is 3.71. The maximum Gasteiger partial charge on any atom is 0.214 e. The molecular formula is C15H16N4O. The van der Waals surface area contributed by atoms with Crippen molar-refractivity contribution >= 4 is 16.7 Å². The van der Waals surface area contributed by atoms with Crippen LogP contribution in [0.2, 0.25) is 0 Å². The molecule has 5 nitrogen and oxygen atoms in total. The van der Waals surface area contributed by atoms with Crippen LogP contribution >= 0.6 is 0 Å². The Hall–Kier alpha value is -2.30. The van der Waals surface area contributed by atoms with Gasteiger partial charge in [-0.25, -0.2) is 9.97 Å². The fourth-order valence-electron chi connectivity index (χ4n) is 2.59. The van der Waals surface area contributed by atoms with Crippen molar-refractivity contribution in [1.29, 1.82) is 0 Å². The van der Waals surface area contributed by atoms with Crippen LogP contribution < -0.4 is 5.73 Å². The van der Waals surface area contributed by atoms with Gasteiger partial charge in [0.05, 0.1) is 17.2 Å². The molecule has 0 radical (unpaired) electrons. The Bertz CT molecular complexity index is 782. The van der Waals surface area contributed by atoms with Gasteiger partial charge in [0, 0.05) is 11.6 Å². The van der Waals surface area contributed by atoms with Gasteiger partial charge in [-0.05, 0) is 38.0 Å². The van der Waals surface area contributed by atoms with Gasteiger partial charge >= 0.3 is 0 Å². The van der Waals surface area contributed by atoms with E-state index in [9.17, 15) is 0 Å². The lowest BCUT2D eigenvalue weighted by molar-refractivity contribution is 0.456. The number of aromatic nitrogens is 3. The van der Waals surface area contributed by atoms with Gasteiger partial charge in [-0.3, -0.25) is 0 Å². The molecule has 2 heterocycles. The summed E-state index contributed by atoms with van der Waals surface area (Å²) in [4.78, 5) is 9.05. The molecule has 20 heavy (non-hydrogen) atoms. The van der Waals surface area contributed by atoms with Crippen LogP contribution in [0.15, 0.2) is 28.8 Å². The van der Waals surface area contributed by atoms with Crippen LogP contribution in [-0.4, -0.2) is 14.5 Å². The first-order chi connectivity index (χ1) is 9.70. The molecule has 0 unspecified atom stereocenters. The van der Waals surface area contributed by atoms with Crippen molar-refractivity contribution in [1.82, 2.24) is 14.5 Å². The van der Waals surface area contributed by atoms with E-state index in [1.165, 1.54) is 12.8 Å². The van der Waals surface area contributed by atoms with E-state index in [4.69, 9.17) is 15.1 Å². The van der Waals surface area contributed by atoms with Crippen molar-refractivity contribution in [3.05, 3.63) is 41.9 Å². The Morgan fingerprint density at radius 3 is 2.95 bits per heavy atom. The summed E-state index contributed by atoms with van der Waals surface area (Å²) in [5.41, 5.74) is 8.65. The van der Waals surface area contributed by atoms with E-state index in [0.717, 1.165) is 34.2 Å². The molecule has 1 fully saturated rings. The Balaban J connectivity index is 1.84. The molecule has 1 aliphatic carbocycles. The van der Waals surface area contributed by atoms with Crippen LogP contribution in [0.4, 0.5) is 5.69 Å². The summed E-state index contributed by atoms with van der Waals surface area (Å²) in [6.07, 6.45) is 4.18. The van der Waals surface area contributed by atoms with Gasteiger partial charge in [-0.2, -0.15) is 0 Å². The van der Waals surface area contributed by atoms with Crippen molar-refractivity contribution in [2.75, 3.05) is 5.73 Å². The largest absolute Gasteiger partial charge is 0.444 e. The quantitative estimate of drug-likeness (QED) is 0.741. The number of oxazole rings is 1. The van der Waals surface area contributed by atoms with Gasteiger partial charge in [-0.1, -0.05) is 0 Å². The Labute approximate surface area is 116 Å². The third kappa shape index (κ3) is 1.86. The minimum Gasteiger partial charge on any atom is -0.444 e. The molecule has 3 aromatic rings. The average Bonchev–Trinajstić information content (AvgIpc) is 3.10. The number of benzene rings is 1. The monoisotopic (exact) mass is 268 g/mol. The molecule has 2 N–H and O–H groups in total. The Morgan fingerprint density at radius 1 is 1.40 bits per heavy atom. The van der Waals surface area contributed by atoms with Gasteiger partial charge < -0.3 is 14.7 Å². The smallest absolute Gasteiger partial charge is 0.214 e. The minimum atomic E-state index is 0.569. The van der Waals surface area contributed by atoms with E-state index in [-0.39, 0.29) is 0 Å². The standard InChI is InChI=1S/C15H16N4O/c1-9-7-17-14(20-9)8-19-13-5-4-11(16)6-12(13)18-15(19)10-2-3-10/h4-7,10H,2-3,8,16H2,1H3. The number of imidazole rings is 1. The summed E-state index contributed by atoms with van der Waals surface area (Å²) < 4.78 is 7.81. The first-order valence-corrected chi connectivity index (χ1v) is 6.87. The molecule has 0 saturated heterocycles. The number of hydrogen-bond acceptors (Lipinski definition) is 4. The summed E-state index contributed by atoms with van der Waals surface area (Å²) in [5.74, 6) is 3.25. The molecule has 0 bridgehead atoms. The molecule has 1 aliphatic rings. The van der Waals surface area contributed by atoms with E-state index in [1.54, 1.807) is 6.20 Å². The lowest BCUT2D eigenvalue weighted by atomic mass is 10.3. The number of anilines is 1. The second-order valence-electron chi connectivity index (χ2n) is 5.44. The molecule has 102 valence electrons. The summed E-state index contributed by atoms with van der Waals surface area (Å²) in [5, 5.41) is 0. The molecule has 0 atom stereocenters. The van der Waals surface area contributed by atoms with Gasteiger partial charge in [0.25, 0.3) is 0 Å². The predicted molar refractivity (Wildman–Crippen MR) is 76.5 cm³/mol. The molecule has 1 saturated carbocycles. The van der Waals surface area contributed by atoms with Gasteiger partial charge in [-0.15, -0.1) is 0 Å². The molecule has 0 amide bonds. The highest BCUT2D eigenvalue weighted by atomic mass is 16.4. The number of nitrogens with zero attached hydrogens (tertiary/aromatic N) is 3. The van der Waals surface area contributed by atoms with E-state index in [1.807, 2.05) is 25.1 Å². The minimum absolute atomic E-state index is 0.569. The maximum atomic E-state index is 5.85. The number of nitrogen functional groups attached to an aromatic ring is 1. The highest BCUT2D eigenvalue weighted by molar-refractivity contribution is 5.80. The topological polar surface area (TPSA) is 69.9 Å². The summed E-state index contributed by atoms with van der Waals surface area (Å²) >= 11 is 0. The molecule has 0 spiro atoms.